The van der Waals surface area contributed by atoms with E-state index in [9.17, 15) is 4.79 Å². The van der Waals surface area contributed by atoms with Crippen molar-refractivity contribution in [2.45, 2.75) is 0 Å². The minimum Gasteiger partial charge on any atom is -0.403 e. The third-order valence-corrected chi connectivity index (χ3v) is 2.15. The highest BCUT2D eigenvalue weighted by atomic mass is 35.5. The van der Waals surface area contributed by atoms with Crippen LogP contribution in [0.25, 0.3) is 11.5 Å². The number of carbonyl (C=O) groups excluding carboxylic acids is 1. The molecule has 2 aromatic rings. The van der Waals surface area contributed by atoms with Crippen LogP contribution in [0, 0.1) is 0 Å². The molecule has 0 unspecified atom stereocenters. The van der Waals surface area contributed by atoms with Crippen LogP contribution in [0.5, 0.6) is 0 Å². The minimum absolute atomic E-state index is 0.0149. The van der Waals surface area contributed by atoms with Gasteiger partial charge in [0.05, 0.1) is 0 Å². The van der Waals surface area contributed by atoms with E-state index in [2.05, 4.69) is 15.5 Å². The monoisotopic (exact) mass is 257 g/mol. The minimum atomic E-state index is 0.0149. The molecule has 0 fully saturated rings. The van der Waals surface area contributed by atoms with Gasteiger partial charge in [-0.15, -0.1) is 5.10 Å². The van der Waals surface area contributed by atoms with Gasteiger partial charge in [-0.2, -0.15) is 0 Å². The molecule has 0 aliphatic rings. The molecule has 5 nitrogen and oxygen atoms in total. The molecule has 0 saturated carbocycles. The van der Waals surface area contributed by atoms with Crippen molar-refractivity contribution in [1.29, 1.82) is 0 Å². The molecule has 1 N–H and O–H groups in total. The first-order valence-corrected chi connectivity index (χ1v) is 4.95. The Bertz CT molecular complexity index is 507. The molecule has 0 aliphatic carbocycles. The van der Waals surface area contributed by atoms with E-state index in [4.69, 9.17) is 27.6 Å². The zero-order valence-electron chi connectivity index (χ0n) is 7.78. The highest BCUT2D eigenvalue weighted by molar-refractivity contribution is 6.35. The predicted molar refractivity (Wildman–Crippen MR) is 59.4 cm³/mol. The summed E-state index contributed by atoms with van der Waals surface area (Å²) in [7, 11) is 0. The first kappa shape index (κ1) is 10.9. The van der Waals surface area contributed by atoms with Crippen LogP contribution in [0.15, 0.2) is 22.6 Å². The fourth-order valence-electron chi connectivity index (χ4n) is 1.13. The van der Waals surface area contributed by atoms with Gasteiger partial charge in [0, 0.05) is 15.6 Å². The normalized spacial score (nSPS) is 10.1. The van der Waals surface area contributed by atoms with Crippen LogP contribution in [0.3, 0.4) is 0 Å². The van der Waals surface area contributed by atoms with E-state index < -0.39 is 0 Å². The molecule has 1 amide bonds. The average molecular weight is 258 g/mol. The second kappa shape index (κ2) is 4.51. The standard InChI is InChI=1S/C9H5Cl2N3O2/c10-6-1-5(2-7(11)3-6)8-13-14-9(16-8)12-4-15/h1-4H,(H,12,14,15). The zero-order chi connectivity index (χ0) is 11.5. The number of rotatable bonds is 3. The fraction of sp³-hybridized carbons (Fsp3) is 0. The van der Waals surface area contributed by atoms with Crippen LogP contribution in [-0.4, -0.2) is 16.6 Å². The summed E-state index contributed by atoms with van der Waals surface area (Å²) in [5.41, 5.74) is 0.587. The van der Waals surface area contributed by atoms with Crippen LogP contribution in [-0.2, 0) is 4.79 Å². The van der Waals surface area contributed by atoms with Gasteiger partial charge < -0.3 is 4.42 Å². The summed E-state index contributed by atoms with van der Waals surface area (Å²) in [5, 5.41) is 10.5. The molecule has 7 heteroatoms. The lowest BCUT2D eigenvalue weighted by molar-refractivity contribution is -0.105. The van der Waals surface area contributed by atoms with E-state index in [0.717, 1.165) is 0 Å². The number of nitrogens with zero attached hydrogens (tertiary/aromatic N) is 2. The van der Waals surface area contributed by atoms with Gasteiger partial charge in [-0.1, -0.05) is 28.3 Å². The lowest BCUT2D eigenvalue weighted by Crippen LogP contribution is -1.92. The molecule has 82 valence electrons. The first-order chi connectivity index (χ1) is 7.69. The zero-order valence-corrected chi connectivity index (χ0v) is 9.29. The maximum Gasteiger partial charge on any atom is 0.322 e. The highest BCUT2D eigenvalue weighted by Gasteiger charge is 2.09. The largest absolute Gasteiger partial charge is 0.403 e. The quantitative estimate of drug-likeness (QED) is 0.859. The average Bonchev–Trinajstić information content (AvgIpc) is 2.65. The summed E-state index contributed by atoms with van der Waals surface area (Å²) < 4.78 is 5.14. The Labute approximate surface area is 100 Å². The molecule has 1 heterocycles. The van der Waals surface area contributed by atoms with Gasteiger partial charge in [-0.25, -0.2) is 0 Å². The van der Waals surface area contributed by atoms with Crippen molar-refractivity contribution in [2.75, 3.05) is 5.32 Å². The molecule has 1 aromatic heterocycles. The maximum absolute atomic E-state index is 10.1. The fourth-order valence-corrected chi connectivity index (χ4v) is 1.65. The lowest BCUT2D eigenvalue weighted by atomic mass is 10.2. The molecule has 16 heavy (non-hydrogen) atoms. The molecule has 0 aliphatic heterocycles. The van der Waals surface area contributed by atoms with E-state index in [1.165, 1.54) is 0 Å². The maximum atomic E-state index is 10.1. The van der Waals surface area contributed by atoms with Gasteiger partial charge in [0.25, 0.3) is 0 Å². The van der Waals surface area contributed by atoms with Crippen molar-refractivity contribution in [3.8, 4) is 11.5 Å². The number of benzene rings is 1. The van der Waals surface area contributed by atoms with Crippen molar-refractivity contribution < 1.29 is 9.21 Å². The van der Waals surface area contributed by atoms with Crippen LogP contribution in [0.4, 0.5) is 6.01 Å². The van der Waals surface area contributed by atoms with Gasteiger partial charge in [0.15, 0.2) is 0 Å². The summed E-state index contributed by atoms with van der Waals surface area (Å²) in [6.45, 7) is 0. The second-order valence-corrected chi connectivity index (χ2v) is 3.71. The third kappa shape index (κ3) is 2.32. The van der Waals surface area contributed by atoms with Gasteiger partial charge in [-0.05, 0) is 18.2 Å². The molecule has 0 saturated heterocycles. The summed E-state index contributed by atoms with van der Waals surface area (Å²) >= 11 is 11.6. The van der Waals surface area contributed by atoms with Gasteiger partial charge >= 0.3 is 6.01 Å². The molecule has 1 aromatic carbocycles. The number of aromatic nitrogens is 2. The van der Waals surface area contributed by atoms with Gasteiger partial charge in [0.2, 0.25) is 12.3 Å². The smallest absolute Gasteiger partial charge is 0.322 e. The van der Waals surface area contributed by atoms with Crippen molar-refractivity contribution >= 4 is 35.6 Å². The number of hydrogen-bond donors (Lipinski definition) is 1. The highest BCUT2D eigenvalue weighted by Crippen LogP contribution is 2.26. The number of nitrogens with one attached hydrogen (secondary N) is 1. The second-order valence-electron chi connectivity index (χ2n) is 2.83. The number of halogens is 2. The van der Waals surface area contributed by atoms with E-state index in [0.29, 0.717) is 22.0 Å². The van der Waals surface area contributed by atoms with Crippen molar-refractivity contribution in [3.63, 3.8) is 0 Å². The summed E-state index contributed by atoms with van der Waals surface area (Å²) in [6.07, 6.45) is 0.447. The Morgan fingerprint density at radius 3 is 2.50 bits per heavy atom. The van der Waals surface area contributed by atoms with Crippen LogP contribution >= 0.6 is 23.2 Å². The third-order valence-electron chi connectivity index (χ3n) is 1.72. The van der Waals surface area contributed by atoms with Crippen LogP contribution < -0.4 is 5.32 Å². The molecule has 2 rings (SSSR count). The molecule has 0 atom stereocenters. The van der Waals surface area contributed by atoms with Gasteiger partial charge in [-0.3, -0.25) is 10.1 Å². The lowest BCUT2D eigenvalue weighted by Gasteiger charge is -1.97. The van der Waals surface area contributed by atoms with Crippen LogP contribution in [0.2, 0.25) is 10.0 Å². The Hall–Kier alpha value is -1.59. The Morgan fingerprint density at radius 2 is 1.88 bits per heavy atom. The molecule has 0 bridgehead atoms. The predicted octanol–water partition coefficient (Wildman–Crippen LogP) is 2.61. The Morgan fingerprint density at radius 1 is 1.19 bits per heavy atom. The van der Waals surface area contributed by atoms with Crippen molar-refractivity contribution in [1.82, 2.24) is 10.2 Å². The summed E-state index contributed by atoms with van der Waals surface area (Å²) in [5.74, 6) is 0.230. The van der Waals surface area contributed by atoms with Crippen molar-refractivity contribution in [2.24, 2.45) is 0 Å². The van der Waals surface area contributed by atoms with Gasteiger partial charge in [0.1, 0.15) is 0 Å². The van der Waals surface area contributed by atoms with E-state index in [1.54, 1.807) is 18.2 Å². The summed E-state index contributed by atoms with van der Waals surface area (Å²) in [4.78, 5) is 10.1. The first-order valence-electron chi connectivity index (χ1n) is 4.19. The number of hydrogen-bond acceptors (Lipinski definition) is 4. The topological polar surface area (TPSA) is 68.0 Å². The van der Waals surface area contributed by atoms with Crippen molar-refractivity contribution in [3.05, 3.63) is 28.2 Å². The van der Waals surface area contributed by atoms with E-state index in [-0.39, 0.29) is 11.9 Å². The van der Waals surface area contributed by atoms with Crippen LogP contribution in [0.1, 0.15) is 0 Å². The SMILES string of the molecule is O=CNc1nnc(-c2cc(Cl)cc(Cl)c2)o1. The van der Waals surface area contributed by atoms with E-state index in [1.807, 2.05) is 0 Å². The molecule has 0 spiro atoms. The number of carbonyl (C=O) groups is 1. The molecular formula is C9H5Cl2N3O2. The number of anilines is 1. The number of amides is 1. The molecular weight excluding hydrogens is 253 g/mol. The summed E-state index contributed by atoms with van der Waals surface area (Å²) in [6, 6.07) is 4.87. The Kier molecular flexibility index (Phi) is 3.07. The molecule has 0 radical (unpaired) electrons. The Balaban J connectivity index is 2.38. The van der Waals surface area contributed by atoms with E-state index >= 15 is 0 Å².